The number of benzene rings is 1. The van der Waals surface area contributed by atoms with Crippen molar-refractivity contribution in [2.75, 3.05) is 11.9 Å². The lowest BCUT2D eigenvalue weighted by molar-refractivity contribution is -0.384. The normalized spacial score (nSPS) is 10.4. The van der Waals surface area contributed by atoms with Crippen LogP contribution in [0.1, 0.15) is 25.8 Å². The van der Waals surface area contributed by atoms with E-state index in [0.717, 1.165) is 6.07 Å². The number of anilines is 1. The lowest BCUT2D eigenvalue weighted by atomic mass is 10.1. The highest BCUT2D eigenvalue weighted by molar-refractivity contribution is 5.77. The van der Waals surface area contributed by atoms with Crippen LogP contribution in [0, 0.1) is 22.9 Å². The highest BCUT2D eigenvalue weighted by atomic mass is 19.1. The predicted octanol–water partition coefficient (Wildman–Crippen LogP) is 2.37. The summed E-state index contributed by atoms with van der Waals surface area (Å²) in [6, 6.07) is 2.30. The van der Waals surface area contributed by atoms with Gasteiger partial charge in [0.05, 0.1) is 11.0 Å². The number of carbonyl (C=O) groups is 1. The molecule has 0 spiro atoms. The van der Waals surface area contributed by atoms with Crippen LogP contribution in [0.2, 0.25) is 0 Å². The summed E-state index contributed by atoms with van der Waals surface area (Å²) in [6.45, 7) is 5.46. The first-order valence-electron chi connectivity index (χ1n) is 6.29. The van der Waals surface area contributed by atoms with E-state index < -0.39 is 10.7 Å². The van der Waals surface area contributed by atoms with Crippen molar-refractivity contribution in [2.45, 2.75) is 33.2 Å². The lowest BCUT2D eigenvalue weighted by Gasteiger charge is -2.10. The number of amides is 1. The third-order valence-electron chi connectivity index (χ3n) is 2.59. The first-order chi connectivity index (χ1) is 9.31. The molecule has 0 unspecified atom stereocenters. The maximum absolute atomic E-state index is 13.3. The van der Waals surface area contributed by atoms with Crippen molar-refractivity contribution >= 4 is 17.3 Å². The number of hydrogen-bond donors (Lipinski definition) is 2. The number of nitro groups is 1. The summed E-state index contributed by atoms with van der Waals surface area (Å²) in [6.07, 6.45) is 0.186. The molecule has 20 heavy (non-hydrogen) atoms. The van der Waals surface area contributed by atoms with Crippen LogP contribution < -0.4 is 10.6 Å². The molecule has 0 aliphatic heterocycles. The van der Waals surface area contributed by atoms with Gasteiger partial charge >= 0.3 is 0 Å². The number of halogens is 1. The van der Waals surface area contributed by atoms with Crippen molar-refractivity contribution in [1.82, 2.24) is 5.32 Å². The molecule has 0 fully saturated rings. The zero-order chi connectivity index (χ0) is 15.3. The fraction of sp³-hybridized carbons (Fsp3) is 0.462. The molecule has 2 N–H and O–H groups in total. The summed E-state index contributed by atoms with van der Waals surface area (Å²) in [7, 11) is 0. The van der Waals surface area contributed by atoms with Crippen LogP contribution in [0.5, 0.6) is 0 Å². The van der Waals surface area contributed by atoms with Crippen LogP contribution in [-0.4, -0.2) is 23.4 Å². The Morgan fingerprint density at radius 3 is 2.65 bits per heavy atom. The molecule has 1 aromatic carbocycles. The number of aryl methyl sites for hydroxylation is 1. The molecule has 0 bridgehead atoms. The fourth-order valence-electron chi connectivity index (χ4n) is 1.67. The first-order valence-corrected chi connectivity index (χ1v) is 6.29. The molecular weight excluding hydrogens is 265 g/mol. The Labute approximate surface area is 116 Å². The van der Waals surface area contributed by atoms with Crippen molar-refractivity contribution in [2.24, 2.45) is 0 Å². The van der Waals surface area contributed by atoms with E-state index in [0.29, 0.717) is 5.56 Å². The van der Waals surface area contributed by atoms with Gasteiger partial charge in [0.2, 0.25) is 5.91 Å². The van der Waals surface area contributed by atoms with E-state index >= 15 is 0 Å². The summed E-state index contributed by atoms with van der Waals surface area (Å²) < 4.78 is 13.3. The predicted molar refractivity (Wildman–Crippen MR) is 74.2 cm³/mol. The zero-order valence-electron chi connectivity index (χ0n) is 11.7. The van der Waals surface area contributed by atoms with E-state index in [4.69, 9.17) is 0 Å². The average Bonchev–Trinajstić information content (AvgIpc) is 2.31. The van der Waals surface area contributed by atoms with Gasteiger partial charge in [-0.25, -0.2) is 4.39 Å². The number of nitrogens with zero attached hydrogens (tertiary/aromatic N) is 1. The van der Waals surface area contributed by atoms with Gasteiger partial charge in [-0.05, 0) is 32.4 Å². The minimum absolute atomic E-state index is 0.0462. The molecule has 0 saturated carbocycles. The van der Waals surface area contributed by atoms with Gasteiger partial charge in [0.15, 0.2) is 0 Å². The van der Waals surface area contributed by atoms with Gasteiger partial charge < -0.3 is 10.6 Å². The van der Waals surface area contributed by atoms with Crippen LogP contribution >= 0.6 is 0 Å². The van der Waals surface area contributed by atoms with Crippen LogP contribution in [0.3, 0.4) is 0 Å². The Bertz CT molecular complexity index is 518. The maximum Gasteiger partial charge on any atom is 0.295 e. The maximum atomic E-state index is 13.3. The van der Waals surface area contributed by atoms with Gasteiger partial charge in [-0.1, -0.05) is 0 Å². The fourth-order valence-corrected chi connectivity index (χ4v) is 1.67. The van der Waals surface area contributed by atoms with Crippen LogP contribution in [0.15, 0.2) is 12.1 Å². The molecule has 0 radical (unpaired) electrons. The molecule has 0 aromatic heterocycles. The SMILES string of the molecule is Cc1cc(NCCC(=O)NC(C)C)c([N+](=O)[O-])cc1F. The summed E-state index contributed by atoms with van der Waals surface area (Å²) in [5, 5.41) is 16.4. The van der Waals surface area contributed by atoms with Crippen LogP contribution in [0.4, 0.5) is 15.8 Å². The molecule has 0 saturated heterocycles. The monoisotopic (exact) mass is 283 g/mol. The van der Waals surface area contributed by atoms with Crippen molar-refractivity contribution in [3.8, 4) is 0 Å². The minimum atomic E-state index is -0.654. The highest BCUT2D eigenvalue weighted by Gasteiger charge is 2.17. The quantitative estimate of drug-likeness (QED) is 0.620. The standard InChI is InChI=1S/C13H18FN3O3/c1-8(2)16-13(18)4-5-15-11-6-9(3)10(14)7-12(11)17(19)20/h6-8,15H,4-5H2,1-3H3,(H,16,18). The van der Waals surface area contributed by atoms with Crippen molar-refractivity contribution < 1.29 is 14.1 Å². The Hall–Kier alpha value is -2.18. The lowest BCUT2D eigenvalue weighted by Crippen LogP contribution is -2.31. The second-order valence-corrected chi connectivity index (χ2v) is 4.77. The van der Waals surface area contributed by atoms with Gasteiger partial charge in [0.25, 0.3) is 5.69 Å². The number of nitrogens with one attached hydrogen (secondary N) is 2. The summed E-state index contributed by atoms with van der Waals surface area (Å²) in [5.41, 5.74) is 0.188. The minimum Gasteiger partial charge on any atom is -0.379 e. The van der Waals surface area contributed by atoms with Gasteiger partial charge in [-0.2, -0.15) is 0 Å². The van der Waals surface area contributed by atoms with Gasteiger partial charge in [0, 0.05) is 19.0 Å². The van der Waals surface area contributed by atoms with Gasteiger partial charge in [0.1, 0.15) is 11.5 Å². The molecule has 0 heterocycles. The van der Waals surface area contributed by atoms with Crippen molar-refractivity contribution in [1.29, 1.82) is 0 Å². The number of hydrogen-bond acceptors (Lipinski definition) is 4. The Kier molecular flexibility index (Phi) is 5.42. The van der Waals surface area contributed by atoms with E-state index in [9.17, 15) is 19.3 Å². The molecular formula is C13H18FN3O3. The molecule has 0 atom stereocenters. The van der Waals surface area contributed by atoms with Gasteiger partial charge in [-0.15, -0.1) is 0 Å². The smallest absolute Gasteiger partial charge is 0.295 e. The largest absolute Gasteiger partial charge is 0.379 e. The van der Waals surface area contributed by atoms with Crippen LogP contribution in [-0.2, 0) is 4.79 Å². The highest BCUT2D eigenvalue weighted by Crippen LogP contribution is 2.27. The number of nitro benzene ring substituents is 1. The van der Waals surface area contributed by atoms with Crippen molar-refractivity contribution in [3.05, 3.63) is 33.6 Å². The van der Waals surface area contributed by atoms with E-state index in [2.05, 4.69) is 10.6 Å². The van der Waals surface area contributed by atoms with Crippen LogP contribution in [0.25, 0.3) is 0 Å². The molecule has 0 aliphatic rings. The molecule has 0 aliphatic carbocycles. The Morgan fingerprint density at radius 2 is 2.10 bits per heavy atom. The first kappa shape index (κ1) is 15.9. The topological polar surface area (TPSA) is 84.3 Å². The average molecular weight is 283 g/mol. The van der Waals surface area contributed by atoms with E-state index in [1.807, 2.05) is 13.8 Å². The van der Waals surface area contributed by atoms with E-state index in [1.165, 1.54) is 13.0 Å². The Morgan fingerprint density at radius 1 is 1.45 bits per heavy atom. The van der Waals surface area contributed by atoms with Gasteiger partial charge in [-0.3, -0.25) is 14.9 Å². The molecule has 7 heteroatoms. The zero-order valence-corrected chi connectivity index (χ0v) is 11.7. The summed E-state index contributed by atoms with van der Waals surface area (Å²) in [5.74, 6) is -0.770. The molecule has 1 rings (SSSR count). The second-order valence-electron chi connectivity index (χ2n) is 4.77. The van der Waals surface area contributed by atoms with Crippen molar-refractivity contribution in [3.63, 3.8) is 0 Å². The molecule has 1 aromatic rings. The third kappa shape index (κ3) is 4.49. The Balaban J connectivity index is 2.70. The summed E-state index contributed by atoms with van der Waals surface area (Å²) in [4.78, 5) is 21.6. The van der Waals surface area contributed by atoms with E-state index in [1.54, 1.807) is 0 Å². The number of carbonyl (C=O) groups excluding carboxylic acids is 1. The molecule has 6 nitrogen and oxygen atoms in total. The number of rotatable bonds is 6. The second kappa shape index (κ2) is 6.83. The molecule has 1 amide bonds. The van der Waals surface area contributed by atoms with E-state index in [-0.39, 0.29) is 36.3 Å². The summed E-state index contributed by atoms with van der Waals surface area (Å²) >= 11 is 0. The molecule has 110 valence electrons. The third-order valence-corrected chi connectivity index (χ3v) is 2.59.